The summed E-state index contributed by atoms with van der Waals surface area (Å²) in [4.78, 5) is 11.7. The summed E-state index contributed by atoms with van der Waals surface area (Å²) in [5.74, 6) is -0.00744. The van der Waals surface area contributed by atoms with Crippen LogP contribution < -0.4 is 0 Å². The average molecular weight is 276 g/mol. The smallest absolute Gasteiger partial charge is 0.180 e. The van der Waals surface area contributed by atoms with E-state index in [1.54, 1.807) is 6.92 Å². The summed E-state index contributed by atoms with van der Waals surface area (Å²) in [5, 5.41) is 0.302. The Morgan fingerprint density at radius 3 is 2.71 bits per heavy atom. The molecule has 1 aromatic rings. The molecule has 0 fully saturated rings. The fraction of sp³-hybridized carbons (Fsp3) is 0.364. The number of carbonyl (C=O) groups is 1. The molecule has 3 heteroatoms. The Kier molecular flexibility index (Phi) is 4.14. The van der Waals surface area contributed by atoms with Crippen LogP contribution in [0, 0.1) is 6.92 Å². The third-order valence-electron chi connectivity index (χ3n) is 2.22. The van der Waals surface area contributed by atoms with Crippen LogP contribution >= 0.6 is 27.5 Å². The summed E-state index contributed by atoms with van der Waals surface area (Å²) in [6.07, 6.45) is 0. The van der Waals surface area contributed by atoms with Gasteiger partial charge in [-0.15, -0.1) is 11.6 Å². The van der Waals surface area contributed by atoms with E-state index in [1.807, 2.05) is 25.1 Å². The van der Waals surface area contributed by atoms with E-state index in [4.69, 9.17) is 11.6 Å². The minimum absolute atomic E-state index is 0.00744. The third kappa shape index (κ3) is 2.37. The van der Waals surface area contributed by atoms with Crippen LogP contribution in [0.4, 0.5) is 0 Å². The molecule has 0 aliphatic rings. The molecule has 1 aromatic carbocycles. The van der Waals surface area contributed by atoms with Crippen LogP contribution in [0.5, 0.6) is 0 Å². The van der Waals surface area contributed by atoms with Gasteiger partial charge in [-0.3, -0.25) is 4.79 Å². The predicted octanol–water partition coefficient (Wildman–Crippen LogP) is 3.70. The molecule has 0 spiro atoms. The van der Waals surface area contributed by atoms with E-state index in [9.17, 15) is 4.79 Å². The van der Waals surface area contributed by atoms with E-state index in [1.165, 1.54) is 0 Å². The lowest BCUT2D eigenvalue weighted by atomic mass is 9.99. The number of Topliss-reactive ketones (excluding diaryl/α,β-unsaturated/α-hetero) is 1. The highest BCUT2D eigenvalue weighted by Crippen LogP contribution is 2.19. The molecule has 76 valence electrons. The average Bonchev–Trinajstić information content (AvgIpc) is 2.17. The first-order valence-electron chi connectivity index (χ1n) is 4.40. The molecule has 0 bridgehead atoms. The van der Waals surface area contributed by atoms with Gasteiger partial charge in [0, 0.05) is 10.9 Å². The standard InChI is InChI=1S/C11H12BrClO/c1-7-9(6-12)4-3-5-10(7)11(14)8(2)13/h3-5,8H,6H2,1-2H3. The Bertz CT molecular complexity index is 347. The predicted molar refractivity (Wildman–Crippen MR) is 63.5 cm³/mol. The normalized spacial score (nSPS) is 12.6. The Hall–Kier alpha value is -0.340. The van der Waals surface area contributed by atoms with Crippen molar-refractivity contribution < 1.29 is 4.79 Å². The van der Waals surface area contributed by atoms with Crippen molar-refractivity contribution in [2.24, 2.45) is 0 Å². The SMILES string of the molecule is Cc1c(CBr)cccc1C(=O)C(C)Cl. The summed E-state index contributed by atoms with van der Waals surface area (Å²) in [7, 11) is 0. The third-order valence-corrected chi connectivity index (χ3v) is 3.02. The zero-order chi connectivity index (χ0) is 10.7. The second-order valence-corrected chi connectivity index (χ2v) is 4.42. The van der Waals surface area contributed by atoms with Gasteiger partial charge in [0.1, 0.15) is 0 Å². The highest BCUT2D eigenvalue weighted by atomic mass is 79.9. The minimum Gasteiger partial charge on any atom is -0.293 e. The Balaban J connectivity index is 3.16. The number of ketones is 1. The van der Waals surface area contributed by atoms with Crippen LogP contribution in [-0.4, -0.2) is 11.2 Å². The Labute approximate surface area is 97.6 Å². The summed E-state index contributed by atoms with van der Waals surface area (Å²) >= 11 is 9.15. The van der Waals surface area contributed by atoms with E-state index in [-0.39, 0.29) is 5.78 Å². The second kappa shape index (κ2) is 4.94. The van der Waals surface area contributed by atoms with Gasteiger partial charge >= 0.3 is 0 Å². The molecule has 0 saturated heterocycles. The molecule has 1 rings (SSSR count). The first-order valence-corrected chi connectivity index (χ1v) is 5.96. The van der Waals surface area contributed by atoms with Crippen LogP contribution in [0.1, 0.15) is 28.4 Å². The topological polar surface area (TPSA) is 17.1 Å². The van der Waals surface area contributed by atoms with E-state index >= 15 is 0 Å². The lowest BCUT2D eigenvalue weighted by molar-refractivity contribution is 0.0991. The van der Waals surface area contributed by atoms with Crippen molar-refractivity contribution >= 4 is 33.3 Å². The monoisotopic (exact) mass is 274 g/mol. The molecule has 0 radical (unpaired) electrons. The first kappa shape index (κ1) is 11.7. The van der Waals surface area contributed by atoms with Gasteiger partial charge in [0.2, 0.25) is 0 Å². The van der Waals surface area contributed by atoms with Crippen molar-refractivity contribution in [3.05, 3.63) is 34.9 Å². The number of benzene rings is 1. The van der Waals surface area contributed by atoms with Crippen LogP contribution in [-0.2, 0) is 5.33 Å². The van der Waals surface area contributed by atoms with E-state index in [2.05, 4.69) is 15.9 Å². The molecule has 0 aliphatic carbocycles. The van der Waals surface area contributed by atoms with Gasteiger partial charge in [0.15, 0.2) is 5.78 Å². The summed E-state index contributed by atoms with van der Waals surface area (Å²) in [6, 6.07) is 5.71. The lowest BCUT2D eigenvalue weighted by Gasteiger charge is -2.09. The van der Waals surface area contributed by atoms with E-state index in [0.717, 1.165) is 22.0 Å². The number of alkyl halides is 2. The maximum atomic E-state index is 11.7. The van der Waals surface area contributed by atoms with E-state index in [0.29, 0.717) is 0 Å². The summed E-state index contributed by atoms with van der Waals surface area (Å²) < 4.78 is 0. The van der Waals surface area contributed by atoms with Crippen LogP contribution in [0.15, 0.2) is 18.2 Å². The first-order chi connectivity index (χ1) is 6.57. The van der Waals surface area contributed by atoms with Gasteiger partial charge in [-0.25, -0.2) is 0 Å². The lowest BCUT2D eigenvalue weighted by Crippen LogP contribution is -2.12. The van der Waals surface area contributed by atoms with Gasteiger partial charge in [-0.1, -0.05) is 34.1 Å². The Morgan fingerprint density at radius 1 is 1.57 bits per heavy atom. The van der Waals surface area contributed by atoms with Gasteiger partial charge < -0.3 is 0 Å². The highest BCUT2D eigenvalue weighted by Gasteiger charge is 2.15. The second-order valence-electron chi connectivity index (χ2n) is 3.20. The van der Waals surface area contributed by atoms with Crippen LogP contribution in [0.2, 0.25) is 0 Å². The van der Waals surface area contributed by atoms with Crippen molar-refractivity contribution in [3.63, 3.8) is 0 Å². The molecule has 0 saturated carbocycles. The number of hydrogen-bond acceptors (Lipinski definition) is 1. The maximum Gasteiger partial charge on any atom is 0.180 e. The van der Waals surface area contributed by atoms with Gasteiger partial charge in [0.25, 0.3) is 0 Å². The minimum atomic E-state index is -0.459. The zero-order valence-electron chi connectivity index (χ0n) is 8.18. The van der Waals surface area contributed by atoms with Gasteiger partial charge in [-0.2, -0.15) is 0 Å². The van der Waals surface area contributed by atoms with Crippen molar-refractivity contribution in [3.8, 4) is 0 Å². The maximum absolute atomic E-state index is 11.7. The number of halogens is 2. The number of rotatable bonds is 3. The molecular weight excluding hydrogens is 263 g/mol. The van der Waals surface area contributed by atoms with Crippen molar-refractivity contribution in [2.45, 2.75) is 24.6 Å². The summed E-state index contributed by atoms with van der Waals surface area (Å²) in [5.41, 5.74) is 2.87. The molecule has 0 heterocycles. The van der Waals surface area contributed by atoms with Crippen LogP contribution in [0.3, 0.4) is 0 Å². The zero-order valence-corrected chi connectivity index (χ0v) is 10.5. The molecule has 1 unspecified atom stereocenters. The molecule has 0 N–H and O–H groups in total. The number of carbonyl (C=O) groups excluding carboxylic acids is 1. The molecule has 0 aromatic heterocycles. The molecule has 1 atom stereocenters. The summed E-state index contributed by atoms with van der Waals surface area (Å²) in [6.45, 7) is 3.65. The molecule has 0 aliphatic heterocycles. The van der Waals surface area contributed by atoms with Crippen LogP contribution in [0.25, 0.3) is 0 Å². The molecular formula is C11H12BrClO. The fourth-order valence-corrected chi connectivity index (χ4v) is 2.03. The van der Waals surface area contributed by atoms with Gasteiger partial charge in [-0.05, 0) is 25.0 Å². The van der Waals surface area contributed by atoms with Crippen molar-refractivity contribution in [2.75, 3.05) is 0 Å². The molecule has 1 nitrogen and oxygen atoms in total. The van der Waals surface area contributed by atoms with Crippen molar-refractivity contribution in [1.82, 2.24) is 0 Å². The number of hydrogen-bond donors (Lipinski definition) is 0. The van der Waals surface area contributed by atoms with E-state index < -0.39 is 5.38 Å². The highest BCUT2D eigenvalue weighted by molar-refractivity contribution is 9.08. The fourth-order valence-electron chi connectivity index (χ4n) is 1.31. The Morgan fingerprint density at radius 2 is 2.21 bits per heavy atom. The van der Waals surface area contributed by atoms with Gasteiger partial charge in [0.05, 0.1) is 5.38 Å². The van der Waals surface area contributed by atoms with Crippen molar-refractivity contribution in [1.29, 1.82) is 0 Å². The largest absolute Gasteiger partial charge is 0.293 e. The quantitative estimate of drug-likeness (QED) is 0.607. The molecule has 14 heavy (non-hydrogen) atoms. The molecule has 0 amide bonds.